The lowest BCUT2D eigenvalue weighted by Crippen LogP contribution is -2.22. The summed E-state index contributed by atoms with van der Waals surface area (Å²) in [6.07, 6.45) is -0.135. The zero-order chi connectivity index (χ0) is 18.7. The summed E-state index contributed by atoms with van der Waals surface area (Å²) in [5.41, 5.74) is 0.366. The van der Waals surface area contributed by atoms with Crippen LogP contribution in [0.3, 0.4) is 0 Å². The molecule has 0 aromatic heterocycles. The minimum absolute atomic E-state index is 0.0172. The number of nitrogens with zero attached hydrogens (tertiary/aromatic N) is 1. The van der Waals surface area contributed by atoms with Crippen LogP contribution in [-0.4, -0.2) is 26.8 Å². The van der Waals surface area contributed by atoms with Crippen molar-refractivity contribution in [2.45, 2.75) is 17.9 Å². The van der Waals surface area contributed by atoms with Crippen LogP contribution in [0, 0.1) is 11.6 Å². The first-order valence-corrected chi connectivity index (χ1v) is 9.12. The average molecular weight is 380 g/mol. The van der Waals surface area contributed by atoms with Crippen molar-refractivity contribution in [2.75, 3.05) is 6.54 Å². The highest BCUT2D eigenvalue weighted by Gasteiger charge is 2.29. The van der Waals surface area contributed by atoms with E-state index in [9.17, 15) is 22.0 Å². The van der Waals surface area contributed by atoms with Gasteiger partial charge in [0.2, 0.25) is 0 Å². The number of sulfonamides is 1. The molecule has 0 atom stereocenters. The summed E-state index contributed by atoms with van der Waals surface area (Å²) in [6.45, 7) is -0.412. The van der Waals surface area contributed by atoms with Gasteiger partial charge in [0.05, 0.1) is 17.9 Å². The number of aliphatic imine (C=N–C) groups is 1. The topological polar surface area (TPSA) is 84.8 Å². The van der Waals surface area contributed by atoms with Crippen molar-refractivity contribution < 1.29 is 26.7 Å². The molecule has 136 valence electrons. The number of esters is 1. The summed E-state index contributed by atoms with van der Waals surface area (Å²) in [5.74, 6) is -2.58. The minimum Gasteiger partial charge on any atom is -0.461 e. The fourth-order valence-electron chi connectivity index (χ4n) is 2.40. The summed E-state index contributed by atoms with van der Waals surface area (Å²) in [5, 5.41) is 0. The highest BCUT2D eigenvalue weighted by Crippen LogP contribution is 2.22. The predicted molar refractivity (Wildman–Crippen MR) is 88.9 cm³/mol. The number of nitrogens with one attached hydrogen (secondary N) is 1. The first-order valence-electron chi connectivity index (χ1n) is 7.63. The molecule has 0 spiro atoms. The standard InChI is InChI=1S/C17H14F2N2O4S/c18-13-6-3-4-11(16(13)19)10-25-15(22)8-9-20-17-12-5-1-2-7-14(12)26(23,24)21-17/h1-7H,8-10H2,(H,20,21). The van der Waals surface area contributed by atoms with Crippen LogP contribution in [0.2, 0.25) is 0 Å². The zero-order valence-corrected chi connectivity index (χ0v) is 14.2. The summed E-state index contributed by atoms with van der Waals surface area (Å²) in [4.78, 5) is 15.9. The van der Waals surface area contributed by atoms with E-state index in [1.807, 2.05) is 0 Å². The monoisotopic (exact) mass is 380 g/mol. The number of benzene rings is 2. The highest BCUT2D eigenvalue weighted by molar-refractivity contribution is 7.90. The average Bonchev–Trinajstić information content (AvgIpc) is 2.87. The van der Waals surface area contributed by atoms with E-state index in [1.54, 1.807) is 18.2 Å². The van der Waals surface area contributed by atoms with Crippen LogP contribution in [-0.2, 0) is 26.2 Å². The largest absolute Gasteiger partial charge is 0.461 e. The molecule has 0 fully saturated rings. The lowest BCUT2D eigenvalue weighted by Gasteiger charge is -2.06. The van der Waals surface area contributed by atoms with E-state index in [0.29, 0.717) is 5.56 Å². The Morgan fingerprint density at radius 3 is 2.69 bits per heavy atom. The van der Waals surface area contributed by atoms with Gasteiger partial charge in [-0.1, -0.05) is 24.3 Å². The van der Waals surface area contributed by atoms with Crippen LogP contribution >= 0.6 is 0 Å². The molecule has 6 nitrogen and oxygen atoms in total. The fraction of sp³-hybridized carbons (Fsp3) is 0.176. The van der Waals surface area contributed by atoms with E-state index in [2.05, 4.69) is 9.71 Å². The van der Waals surface area contributed by atoms with Crippen LogP contribution in [0.4, 0.5) is 8.78 Å². The quantitative estimate of drug-likeness (QED) is 0.806. The molecule has 0 unspecified atom stereocenters. The smallest absolute Gasteiger partial charge is 0.308 e. The normalized spacial score (nSPS) is 16.2. The van der Waals surface area contributed by atoms with Gasteiger partial charge in [-0.25, -0.2) is 17.2 Å². The summed E-state index contributed by atoms with van der Waals surface area (Å²) in [6, 6.07) is 9.95. The Balaban J connectivity index is 1.58. The number of carbonyl (C=O) groups is 1. The van der Waals surface area contributed by atoms with Crippen LogP contribution < -0.4 is 4.72 Å². The molecule has 1 aliphatic heterocycles. The molecule has 2 aromatic rings. The second kappa shape index (κ2) is 7.20. The summed E-state index contributed by atoms with van der Waals surface area (Å²) >= 11 is 0. The third kappa shape index (κ3) is 3.72. The number of carbonyl (C=O) groups excluding carboxylic acids is 1. The molecule has 0 aliphatic carbocycles. The highest BCUT2D eigenvalue weighted by atomic mass is 32.2. The molecule has 1 N–H and O–H groups in total. The maximum absolute atomic E-state index is 13.5. The number of hydrogen-bond acceptors (Lipinski definition) is 5. The van der Waals surface area contributed by atoms with Gasteiger partial charge in [-0.15, -0.1) is 0 Å². The number of hydrogen-bond donors (Lipinski definition) is 1. The molecule has 1 aliphatic rings. The van der Waals surface area contributed by atoms with Crippen LogP contribution in [0.5, 0.6) is 0 Å². The van der Waals surface area contributed by atoms with E-state index < -0.39 is 34.2 Å². The molecule has 1 heterocycles. The van der Waals surface area contributed by atoms with Crippen LogP contribution in [0.1, 0.15) is 17.5 Å². The van der Waals surface area contributed by atoms with Crippen LogP contribution in [0.15, 0.2) is 52.4 Å². The maximum Gasteiger partial charge on any atom is 0.308 e. The van der Waals surface area contributed by atoms with E-state index in [0.717, 1.165) is 6.07 Å². The number of ether oxygens (including phenoxy) is 1. The summed E-state index contributed by atoms with van der Waals surface area (Å²) < 4.78 is 57.6. The third-order valence-corrected chi connectivity index (χ3v) is 5.07. The van der Waals surface area contributed by atoms with Crippen molar-refractivity contribution in [3.8, 4) is 0 Å². The Hall–Kier alpha value is -2.81. The van der Waals surface area contributed by atoms with Crippen molar-refractivity contribution in [3.05, 3.63) is 65.2 Å². The molecule has 0 amide bonds. The van der Waals surface area contributed by atoms with Gasteiger partial charge in [0.1, 0.15) is 12.4 Å². The molecular weight excluding hydrogens is 366 g/mol. The molecule has 0 bridgehead atoms. The van der Waals surface area contributed by atoms with Crippen molar-refractivity contribution in [3.63, 3.8) is 0 Å². The molecule has 3 rings (SSSR count). The number of fused-ring (bicyclic) bond motifs is 1. The van der Waals surface area contributed by atoms with Crippen molar-refractivity contribution >= 4 is 21.8 Å². The SMILES string of the molecule is O=C(CCN=C1NS(=O)(=O)c2ccccc21)OCc1cccc(F)c1F. The number of rotatable bonds is 5. The van der Waals surface area contributed by atoms with Crippen molar-refractivity contribution in [1.82, 2.24) is 4.72 Å². The first-order chi connectivity index (χ1) is 12.4. The second-order valence-electron chi connectivity index (χ2n) is 5.46. The van der Waals surface area contributed by atoms with E-state index in [1.165, 1.54) is 18.2 Å². The molecule has 0 radical (unpaired) electrons. The lowest BCUT2D eigenvalue weighted by atomic mass is 10.2. The third-order valence-electron chi connectivity index (χ3n) is 3.67. The van der Waals surface area contributed by atoms with Gasteiger partial charge in [0, 0.05) is 11.1 Å². The van der Waals surface area contributed by atoms with Gasteiger partial charge in [0.25, 0.3) is 10.0 Å². The Bertz CT molecular complexity index is 990. The molecule has 26 heavy (non-hydrogen) atoms. The maximum atomic E-state index is 13.5. The molecular formula is C17H14F2N2O4S. The summed E-state index contributed by atoms with van der Waals surface area (Å²) in [7, 11) is -3.63. The van der Waals surface area contributed by atoms with Crippen molar-refractivity contribution in [1.29, 1.82) is 0 Å². The predicted octanol–water partition coefficient (Wildman–Crippen LogP) is 2.14. The molecule has 9 heteroatoms. The van der Waals surface area contributed by atoms with Gasteiger partial charge in [-0.3, -0.25) is 14.5 Å². The second-order valence-corrected chi connectivity index (χ2v) is 7.11. The molecule has 0 saturated heterocycles. The minimum atomic E-state index is -3.63. The van der Waals surface area contributed by atoms with E-state index in [-0.39, 0.29) is 29.3 Å². The van der Waals surface area contributed by atoms with Crippen molar-refractivity contribution in [2.24, 2.45) is 4.99 Å². The Morgan fingerprint density at radius 1 is 1.12 bits per heavy atom. The molecule has 2 aromatic carbocycles. The van der Waals surface area contributed by atoms with Gasteiger partial charge in [0.15, 0.2) is 11.6 Å². The van der Waals surface area contributed by atoms with Crippen LogP contribution in [0.25, 0.3) is 0 Å². The number of halogens is 2. The number of amidine groups is 1. The fourth-order valence-corrected chi connectivity index (χ4v) is 3.65. The Labute approximate surface area is 148 Å². The Morgan fingerprint density at radius 2 is 1.88 bits per heavy atom. The van der Waals surface area contributed by atoms with Gasteiger partial charge in [-0.2, -0.15) is 0 Å². The van der Waals surface area contributed by atoms with Gasteiger partial charge in [-0.05, 0) is 18.2 Å². The van der Waals surface area contributed by atoms with E-state index in [4.69, 9.17) is 4.74 Å². The van der Waals surface area contributed by atoms with E-state index >= 15 is 0 Å². The first kappa shape index (κ1) is 18.0. The van der Waals surface area contributed by atoms with Gasteiger partial charge >= 0.3 is 5.97 Å². The molecule has 0 saturated carbocycles. The lowest BCUT2D eigenvalue weighted by molar-refractivity contribution is -0.144. The van der Waals surface area contributed by atoms with Gasteiger partial charge < -0.3 is 4.74 Å². The Kier molecular flexibility index (Phi) is 4.99. The zero-order valence-electron chi connectivity index (χ0n) is 13.4.